The molecule has 0 aliphatic carbocycles. The number of anilines is 1. The summed E-state index contributed by atoms with van der Waals surface area (Å²) in [5, 5.41) is 11.9. The minimum absolute atomic E-state index is 0.284. The highest BCUT2D eigenvalue weighted by molar-refractivity contribution is 5.80. The second kappa shape index (κ2) is 6.21. The van der Waals surface area contributed by atoms with Gasteiger partial charge in [-0.15, -0.1) is 0 Å². The van der Waals surface area contributed by atoms with Crippen molar-refractivity contribution < 1.29 is 23.4 Å². The number of methoxy groups -OCH3 is 1. The Bertz CT molecular complexity index is 661. The van der Waals surface area contributed by atoms with E-state index in [-0.39, 0.29) is 5.56 Å². The minimum Gasteiger partial charge on any atom is -0.495 e. The van der Waals surface area contributed by atoms with Gasteiger partial charge in [-0.3, -0.25) is 0 Å². The molecule has 21 heavy (non-hydrogen) atoms. The monoisotopic (exact) mass is 293 g/mol. The molecular weight excluding hydrogens is 280 g/mol. The van der Waals surface area contributed by atoms with E-state index in [2.05, 4.69) is 5.32 Å². The van der Waals surface area contributed by atoms with Gasteiger partial charge in [0.05, 0.1) is 12.8 Å². The summed E-state index contributed by atoms with van der Waals surface area (Å²) in [4.78, 5) is 11.4. The Labute approximate surface area is 120 Å². The molecule has 0 fully saturated rings. The first-order chi connectivity index (χ1) is 10.0. The standard InChI is InChI=1S/C15H13F2NO3/c1-21-12-8-3-2-7-11(12)18-14(15(19)20)9-5-4-6-10(16)13(9)17/h2-8,14,18H,1H3,(H,19,20). The molecule has 2 aromatic carbocycles. The molecule has 0 amide bonds. The second-order valence-corrected chi connectivity index (χ2v) is 4.26. The molecule has 1 unspecified atom stereocenters. The van der Waals surface area contributed by atoms with E-state index < -0.39 is 23.6 Å². The fraction of sp³-hybridized carbons (Fsp3) is 0.133. The van der Waals surface area contributed by atoms with Crippen LogP contribution in [0.1, 0.15) is 11.6 Å². The largest absolute Gasteiger partial charge is 0.495 e. The summed E-state index contributed by atoms with van der Waals surface area (Å²) < 4.78 is 32.1. The molecule has 0 radical (unpaired) electrons. The zero-order valence-electron chi connectivity index (χ0n) is 11.1. The maximum atomic E-state index is 13.8. The summed E-state index contributed by atoms with van der Waals surface area (Å²) in [6.07, 6.45) is 0. The van der Waals surface area contributed by atoms with E-state index in [9.17, 15) is 18.7 Å². The van der Waals surface area contributed by atoms with Crippen LogP contribution in [0.2, 0.25) is 0 Å². The molecule has 2 N–H and O–H groups in total. The van der Waals surface area contributed by atoms with E-state index in [1.54, 1.807) is 24.3 Å². The molecule has 0 heterocycles. The van der Waals surface area contributed by atoms with E-state index in [1.807, 2.05) is 0 Å². The lowest BCUT2D eigenvalue weighted by Crippen LogP contribution is -2.22. The Morgan fingerprint density at radius 1 is 1.19 bits per heavy atom. The van der Waals surface area contributed by atoms with Gasteiger partial charge in [-0.2, -0.15) is 0 Å². The Kier molecular flexibility index (Phi) is 4.37. The van der Waals surface area contributed by atoms with E-state index >= 15 is 0 Å². The minimum atomic E-state index is -1.43. The predicted molar refractivity (Wildman–Crippen MR) is 73.4 cm³/mol. The summed E-state index contributed by atoms with van der Waals surface area (Å²) in [5.74, 6) is -3.21. The first-order valence-corrected chi connectivity index (χ1v) is 6.11. The Balaban J connectivity index is 2.41. The van der Waals surface area contributed by atoms with Gasteiger partial charge in [0.25, 0.3) is 0 Å². The van der Waals surface area contributed by atoms with Crippen molar-refractivity contribution in [3.8, 4) is 5.75 Å². The molecule has 1 atom stereocenters. The molecule has 0 saturated heterocycles. The fourth-order valence-corrected chi connectivity index (χ4v) is 1.94. The quantitative estimate of drug-likeness (QED) is 0.888. The van der Waals surface area contributed by atoms with Crippen LogP contribution in [0.15, 0.2) is 42.5 Å². The highest BCUT2D eigenvalue weighted by Gasteiger charge is 2.25. The van der Waals surface area contributed by atoms with Gasteiger partial charge < -0.3 is 15.2 Å². The van der Waals surface area contributed by atoms with Crippen LogP contribution < -0.4 is 10.1 Å². The normalized spacial score (nSPS) is 11.8. The van der Waals surface area contributed by atoms with Crippen LogP contribution >= 0.6 is 0 Å². The first kappa shape index (κ1) is 14.8. The van der Waals surface area contributed by atoms with Crippen molar-refractivity contribution in [3.05, 3.63) is 59.7 Å². The van der Waals surface area contributed by atoms with Gasteiger partial charge in [0.15, 0.2) is 17.7 Å². The molecule has 0 aromatic heterocycles. The summed E-state index contributed by atoms with van der Waals surface area (Å²) >= 11 is 0. The number of ether oxygens (including phenoxy) is 1. The Morgan fingerprint density at radius 2 is 1.90 bits per heavy atom. The van der Waals surface area contributed by atoms with Crippen LogP contribution in [0.3, 0.4) is 0 Å². The molecule has 4 nitrogen and oxygen atoms in total. The number of rotatable bonds is 5. The number of carboxylic acid groups (broad SMARTS) is 1. The third-order valence-corrected chi connectivity index (χ3v) is 2.95. The summed E-state index contributed by atoms with van der Waals surface area (Å²) in [5.41, 5.74) is 0.0875. The number of halogens is 2. The highest BCUT2D eigenvalue weighted by atomic mass is 19.2. The van der Waals surface area contributed by atoms with Crippen LogP contribution in [-0.2, 0) is 4.79 Å². The zero-order chi connectivity index (χ0) is 15.4. The summed E-state index contributed by atoms with van der Waals surface area (Å²) in [6.45, 7) is 0. The van der Waals surface area contributed by atoms with Gasteiger partial charge >= 0.3 is 5.97 Å². The van der Waals surface area contributed by atoms with Crippen LogP contribution in [0.25, 0.3) is 0 Å². The molecule has 110 valence electrons. The Hall–Kier alpha value is -2.63. The number of nitrogens with one attached hydrogen (secondary N) is 1. The summed E-state index contributed by atoms with van der Waals surface area (Å²) in [7, 11) is 1.43. The average Bonchev–Trinajstić information content (AvgIpc) is 2.48. The van der Waals surface area contributed by atoms with Crippen LogP contribution in [-0.4, -0.2) is 18.2 Å². The van der Waals surface area contributed by atoms with Gasteiger partial charge in [0, 0.05) is 5.56 Å². The summed E-state index contributed by atoms with van der Waals surface area (Å²) in [6, 6.07) is 8.58. The number of para-hydroxylation sites is 2. The smallest absolute Gasteiger partial charge is 0.330 e. The van der Waals surface area contributed by atoms with Crippen molar-refractivity contribution in [1.29, 1.82) is 0 Å². The lowest BCUT2D eigenvalue weighted by Gasteiger charge is -2.18. The predicted octanol–water partition coefficient (Wildman–Crippen LogP) is 3.21. The van der Waals surface area contributed by atoms with E-state index in [4.69, 9.17) is 4.74 Å². The van der Waals surface area contributed by atoms with Crippen molar-refractivity contribution in [3.63, 3.8) is 0 Å². The molecule has 6 heteroatoms. The molecule has 2 rings (SSSR count). The van der Waals surface area contributed by atoms with Crippen molar-refractivity contribution >= 4 is 11.7 Å². The van der Waals surface area contributed by atoms with Gasteiger partial charge in [-0.05, 0) is 18.2 Å². The molecule has 0 spiro atoms. The van der Waals surface area contributed by atoms with Crippen molar-refractivity contribution in [2.45, 2.75) is 6.04 Å². The number of hydrogen-bond acceptors (Lipinski definition) is 3. The maximum absolute atomic E-state index is 13.8. The second-order valence-electron chi connectivity index (χ2n) is 4.26. The van der Waals surface area contributed by atoms with Crippen molar-refractivity contribution in [2.75, 3.05) is 12.4 Å². The van der Waals surface area contributed by atoms with Crippen molar-refractivity contribution in [1.82, 2.24) is 0 Å². The van der Waals surface area contributed by atoms with Crippen LogP contribution in [0.5, 0.6) is 5.75 Å². The molecular formula is C15H13F2NO3. The van der Waals surface area contributed by atoms with Crippen LogP contribution in [0, 0.1) is 11.6 Å². The topological polar surface area (TPSA) is 58.6 Å². The third-order valence-electron chi connectivity index (χ3n) is 2.95. The number of hydrogen-bond donors (Lipinski definition) is 2. The average molecular weight is 293 g/mol. The van der Waals surface area contributed by atoms with Gasteiger partial charge in [0.1, 0.15) is 5.75 Å². The molecule has 0 saturated carbocycles. The number of carboxylic acids is 1. The number of benzene rings is 2. The molecule has 2 aromatic rings. The SMILES string of the molecule is COc1ccccc1NC(C(=O)O)c1cccc(F)c1F. The van der Waals surface area contributed by atoms with E-state index in [1.165, 1.54) is 19.2 Å². The lowest BCUT2D eigenvalue weighted by molar-refractivity contribution is -0.138. The Morgan fingerprint density at radius 3 is 2.57 bits per heavy atom. The maximum Gasteiger partial charge on any atom is 0.330 e. The molecule has 0 bridgehead atoms. The number of aliphatic carboxylic acids is 1. The van der Waals surface area contributed by atoms with Gasteiger partial charge in [0.2, 0.25) is 0 Å². The van der Waals surface area contributed by atoms with Gasteiger partial charge in [-0.25, -0.2) is 13.6 Å². The highest BCUT2D eigenvalue weighted by Crippen LogP contribution is 2.29. The van der Waals surface area contributed by atoms with E-state index in [0.29, 0.717) is 11.4 Å². The number of carbonyl (C=O) groups is 1. The fourth-order valence-electron chi connectivity index (χ4n) is 1.94. The van der Waals surface area contributed by atoms with Gasteiger partial charge in [-0.1, -0.05) is 24.3 Å². The molecule has 0 aliphatic rings. The van der Waals surface area contributed by atoms with Crippen molar-refractivity contribution in [2.24, 2.45) is 0 Å². The molecule has 0 aliphatic heterocycles. The van der Waals surface area contributed by atoms with E-state index in [0.717, 1.165) is 6.07 Å². The van der Waals surface area contributed by atoms with Crippen LogP contribution in [0.4, 0.5) is 14.5 Å². The lowest BCUT2D eigenvalue weighted by atomic mass is 10.1. The zero-order valence-corrected chi connectivity index (χ0v) is 11.1. The first-order valence-electron chi connectivity index (χ1n) is 6.11. The third kappa shape index (κ3) is 3.10.